The van der Waals surface area contributed by atoms with Gasteiger partial charge in [-0.15, -0.1) is 0 Å². The Kier molecular flexibility index (Phi) is 39.9. The number of rotatable bonds is 39. The SMILES string of the molecule is CCCCCOCCOCCOCCOCCOCCOCCOCCOCCOCCOCCOCCOCCF. The smallest absolute Gasteiger partial charge is 0.113 e. The van der Waals surface area contributed by atoms with Crippen LogP contribution in [0.15, 0.2) is 0 Å². The summed E-state index contributed by atoms with van der Waals surface area (Å²) in [5.41, 5.74) is 0. The van der Waals surface area contributed by atoms with Crippen LogP contribution in [0.5, 0.6) is 0 Å². The Bertz CT molecular complexity index is 428. The molecule has 0 saturated carbocycles. The third kappa shape index (κ3) is 39.5. The molecule has 0 aromatic heterocycles. The highest BCUT2D eigenvalue weighted by molar-refractivity contribution is 4.40. The minimum absolute atomic E-state index is 0.115. The lowest BCUT2D eigenvalue weighted by molar-refractivity contribution is -0.0284. The first-order valence-corrected chi connectivity index (χ1v) is 15.4. The van der Waals surface area contributed by atoms with Crippen LogP contribution in [0, 0.1) is 0 Å². The molecule has 0 heterocycles. The van der Waals surface area contributed by atoms with Crippen LogP contribution in [0.4, 0.5) is 4.39 Å². The van der Waals surface area contributed by atoms with Gasteiger partial charge in [0.05, 0.1) is 152 Å². The van der Waals surface area contributed by atoms with Gasteiger partial charge in [-0.05, 0) is 6.42 Å². The highest BCUT2D eigenvalue weighted by Gasteiger charge is 1.96. The van der Waals surface area contributed by atoms with Crippen molar-refractivity contribution in [3.8, 4) is 0 Å². The van der Waals surface area contributed by atoms with Gasteiger partial charge in [0, 0.05) is 6.61 Å². The minimum Gasteiger partial charge on any atom is -0.379 e. The summed E-state index contributed by atoms with van der Waals surface area (Å²) in [6.45, 7) is 13.9. The Balaban J connectivity index is 3.02. The van der Waals surface area contributed by atoms with E-state index in [0.717, 1.165) is 13.0 Å². The first kappa shape index (κ1) is 41.4. The van der Waals surface area contributed by atoms with Gasteiger partial charge in [-0.3, -0.25) is 0 Å². The molecule has 0 aromatic rings. The molecule has 12 nitrogen and oxygen atoms in total. The van der Waals surface area contributed by atoms with E-state index in [1.807, 2.05) is 0 Å². The van der Waals surface area contributed by atoms with Gasteiger partial charge < -0.3 is 56.8 Å². The van der Waals surface area contributed by atoms with E-state index in [0.29, 0.717) is 145 Å². The molecule has 0 N–H and O–H groups in total. The van der Waals surface area contributed by atoms with E-state index in [9.17, 15) is 4.39 Å². The Hall–Kier alpha value is -0.550. The molecule has 0 aliphatic heterocycles. The molecule has 0 amide bonds. The average Bonchev–Trinajstić information content (AvgIpc) is 3.00. The maximum absolute atomic E-state index is 11.8. The third-order valence-electron chi connectivity index (χ3n) is 5.21. The summed E-state index contributed by atoms with van der Waals surface area (Å²) in [5.74, 6) is 0. The Morgan fingerprint density at radius 3 is 0.643 bits per heavy atom. The van der Waals surface area contributed by atoms with Crippen molar-refractivity contribution < 1.29 is 61.2 Å². The summed E-state index contributed by atoms with van der Waals surface area (Å²) >= 11 is 0. The molecule has 0 atom stereocenters. The molecule has 0 saturated heterocycles. The molecule has 0 radical (unpaired) electrons. The van der Waals surface area contributed by atoms with E-state index in [2.05, 4.69) is 6.92 Å². The third-order valence-corrected chi connectivity index (χ3v) is 5.21. The summed E-state index contributed by atoms with van der Waals surface area (Å²) < 4.78 is 76.5. The van der Waals surface area contributed by atoms with Crippen LogP contribution in [-0.4, -0.2) is 165 Å². The highest BCUT2D eigenvalue weighted by Crippen LogP contribution is 1.94. The van der Waals surface area contributed by atoms with Crippen LogP contribution in [0.1, 0.15) is 26.2 Å². The fourth-order valence-corrected chi connectivity index (χ4v) is 3.03. The van der Waals surface area contributed by atoms with Crippen LogP contribution >= 0.6 is 0 Å². The molecule has 0 aliphatic carbocycles. The van der Waals surface area contributed by atoms with Crippen molar-refractivity contribution >= 4 is 0 Å². The van der Waals surface area contributed by atoms with Crippen LogP contribution in [0.2, 0.25) is 0 Å². The Morgan fingerprint density at radius 1 is 0.262 bits per heavy atom. The van der Waals surface area contributed by atoms with Crippen LogP contribution < -0.4 is 0 Å². The van der Waals surface area contributed by atoms with E-state index in [4.69, 9.17) is 56.8 Å². The lowest BCUT2D eigenvalue weighted by Crippen LogP contribution is -2.15. The fourth-order valence-electron chi connectivity index (χ4n) is 3.03. The second-order valence-electron chi connectivity index (χ2n) is 8.74. The summed E-state index contributed by atoms with van der Waals surface area (Å²) in [4.78, 5) is 0. The second kappa shape index (κ2) is 40.5. The minimum atomic E-state index is -0.473. The predicted octanol–water partition coefficient (Wildman–Crippen LogP) is 2.35. The summed E-state index contributed by atoms with van der Waals surface area (Å²) in [6.07, 6.45) is 3.54. The van der Waals surface area contributed by atoms with Crippen LogP contribution in [0.25, 0.3) is 0 Å². The molecule has 0 fully saturated rings. The van der Waals surface area contributed by atoms with Crippen molar-refractivity contribution in [2.24, 2.45) is 0 Å². The Morgan fingerprint density at radius 2 is 0.452 bits per heavy atom. The molecule has 0 rings (SSSR count). The molecule has 0 aromatic carbocycles. The van der Waals surface area contributed by atoms with Crippen molar-refractivity contribution in [3.63, 3.8) is 0 Å². The molecular weight excluding hydrogens is 559 g/mol. The van der Waals surface area contributed by atoms with Gasteiger partial charge in [-0.1, -0.05) is 19.8 Å². The number of ether oxygens (including phenoxy) is 12. The van der Waals surface area contributed by atoms with Crippen LogP contribution in [-0.2, 0) is 56.8 Å². The van der Waals surface area contributed by atoms with E-state index in [1.165, 1.54) is 12.8 Å². The van der Waals surface area contributed by atoms with E-state index < -0.39 is 6.67 Å². The van der Waals surface area contributed by atoms with Gasteiger partial charge >= 0.3 is 0 Å². The number of hydrogen-bond donors (Lipinski definition) is 0. The second-order valence-corrected chi connectivity index (χ2v) is 8.74. The van der Waals surface area contributed by atoms with Crippen molar-refractivity contribution in [2.45, 2.75) is 26.2 Å². The number of halogens is 1. The van der Waals surface area contributed by atoms with Gasteiger partial charge in [0.1, 0.15) is 6.67 Å². The standard InChI is InChI=1S/C29H59FO12/c1-2-3-4-6-31-8-10-33-12-14-35-16-18-37-20-22-39-24-26-41-28-29-42-27-25-40-23-21-38-19-17-36-15-13-34-11-9-32-7-5-30/h2-29H2,1H3. The molecule has 42 heavy (non-hydrogen) atoms. The number of alkyl halides is 1. The van der Waals surface area contributed by atoms with Crippen LogP contribution in [0.3, 0.4) is 0 Å². The highest BCUT2D eigenvalue weighted by atomic mass is 19.1. The van der Waals surface area contributed by atoms with Crippen molar-refractivity contribution in [1.82, 2.24) is 0 Å². The molecule has 13 heteroatoms. The van der Waals surface area contributed by atoms with E-state index >= 15 is 0 Å². The quantitative estimate of drug-likeness (QED) is 0.0944. The molecule has 0 bridgehead atoms. The lowest BCUT2D eigenvalue weighted by Gasteiger charge is -2.09. The largest absolute Gasteiger partial charge is 0.379 e. The Labute approximate surface area is 252 Å². The van der Waals surface area contributed by atoms with Gasteiger partial charge in [0.25, 0.3) is 0 Å². The zero-order valence-corrected chi connectivity index (χ0v) is 26.1. The van der Waals surface area contributed by atoms with Gasteiger partial charge in [-0.25, -0.2) is 4.39 Å². The topological polar surface area (TPSA) is 111 Å². The maximum atomic E-state index is 11.8. The lowest BCUT2D eigenvalue weighted by atomic mass is 10.3. The molecule has 254 valence electrons. The van der Waals surface area contributed by atoms with E-state index in [1.54, 1.807) is 0 Å². The first-order valence-electron chi connectivity index (χ1n) is 15.4. The normalized spacial score (nSPS) is 11.6. The van der Waals surface area contributed by atoms with Gasteiger partial charge in [-0.2, -0.15) is 0 Å². The predicted molar refractivity (Wildman–Crippen MR) is 155 cm³/mol. The zero-order chi connectivity index (χ0) is 30.3. The van der Waals surface area contributed by atoms with Gasteiger partial charge in [0.2, 0.25) is 0 Å². The van der Waals surface area contributed by atoms with Crippen molar-refractivity contribution in [1.29, 1.82) is 0 Å². The molecule has 0 unspecified atom stereocenters. The molecular formula is C29H59FO12. The monoisotopic (exact) mass is 618 g/mol. The summed E-state index contributed by atoms with van der Waals surface area (Å²) in [7, 11) is 0. The van der Waals surface area contributed by atoms with E-state index in [-0.39, 0.29) is 6.61 Å². The number of unbranched alkanes of at least 4 members (excludes halogenated alkanes) is 2. The summed E-state index contributed by atoms with van der Waals surface area (Å²) in [5, 5.41) is 0. The van der Waals surface area contributed by atoms with Crippen molar-refractivity contribution in [3.05, 3.63) is 0 Å². The average molecular weight is 619 g/mol. The maximum Gasteiger partial charge on any atom is 0.113 e. The molecule has 0 spiro atoms. The summed E-state index contributed by atoms with van der Waals surface area (Å²) in [6, 6.07) is 0. The fraction of sp³-hybridized carbons (Fsp3) is 1.00. The van der Waals surface area contributed by atoms with Crippen molar-refractivity contribution in [2.75, 3.05) is 165 Å². The zero-order valence-electron chi connectivity index (χ0n) is 26.1. The first-order chi connectivity index (χ1) is 20.9. The number of hydrogen-bond acceptors (Lipinski definition) is 12. The van der Waals surface area contributed by atoms with Gasteiger partial charge in [0.15, 0.2) is 0 Å². The molecule has 0 aliphatic rings.